The maximum atomic E-state index is 13.6. The van der Waals surface area contributed by atoms with Crippen LogP contribution in [-0.4, -0.2) is 76.7 Å². The zero-order valence-electron chi connectivity index (χ0n) is 17.6. The maximum absolute atomic E-state index is 13.6. The van der Waals surface area contributed by atoms with E-state index in [-0.39, 0.29) is 5.41 Å². The normalized spacial score (nSPS) is 33.1. The Labute approximate surface area is 168 Å². The lowest BCUT2D eigenvalue weighted by Crippen LogP contribution is -2.49. The molecule has 1 spiro atoms. The minimum absolute atomic E-state index is 0.0926. The van der Waals surface area contributed by atoms with E-state index in [1.54, 1.807) is 0 Å². The van der Waals surface area contributed by atoms with Crippen molar-refractivity contribution in [3.8, 4) is 0 Å². The second kappa shape index (κ2) is 6.84. The molecule has 0 radical (unpaired) electrons. The molecule has 6 heteroatoms. The molecule has 4 heterocycles. The van der Waals surface area contributed by atoms with Gasteiger partial charge in [0, 0.05) is 51.5 Å². The smallest absolute Gasteiger partial charge is 0.230 e. The Morgan fingerprint density at radius 3 is 2.54 bits per heavy atom. The molecule has 6 nitrogen and oxygen atoms in total. The molecule has 1 saturated carbocycles. The number of carbonyl (C=O) groups excluding carboxylic acids is 1. The van der Waals surface area contributed by atoms with Crippen LogP contribution in [-0.2, 0) is 18.4 Å². The fraction of sp³-hybridized carbons (Fsp3) is 0.818. The zero-order valence-corrected chi connectivity index (χ0v) is 17.6. The lowest BCUT2D eigenvalue weighted by atomic mass is 9.65. The van der Waals surface area contributed by atoms with Crippen LogP contribution in [0.5, 0.6) is 0 Å². The first-order valence-corrected chi connectivity index (χ1v) is 11.2. The molecular formula is C22H35N5O. The van der Waals surface area contributed by atoms with Gasteiger partial charge in [-0.2, -0.15) is 5.10 Å². The van der Waals surface area contributed by atoms with Gasteiger partial charge in [0.05, 0.1) is 11.6 Å². The highest BCUT2D eigenvalue weighted by molar-refractivity contribution is 5.84. The Hall–Kier alpha value is -1.40. The number of rotatable bonds is 3. The summed E-state index contributed by atoms with van der Waals surface area (Å²) >= 11 is 0. The molecule has 2 atom stereocenters. The molecule has 1 aromatic rings. The summed E-state index contributed by atoms with van der Waals surface area (Å²) in [5.41, 5.74) is 1.60. The quantitative estimate of drug-likeness (QED) is 0.798. The van der Waals surface area contributed by atoms with Gasteiger partial charge in [0.15, 0.2) is 0 Å². The van der Waals surface area contributed by atoms with Crippen molar-refractivity contribution in [3.05, 3.63) is 18.0 Å². The maximum Gasteiger partial charge on any atom is 0.230 e. The number of aryl methyl sites for hydroxylation is 1. The zero-order chi connectivity index (χ0) is 19.4. The highest BCUT2D eigenvalue weighted by Gasteiger charge is 2.64. The van der Waals surface area contributed by atoms with Crippen molar-refractivity contribution < 1.29 is 4.79 Å². The average Bonchev–Trinajstić information content (AvgIpc) is 3.44. The summed E-state index contributed by atoms with van der Waals surface area (Å²) in [4.78, 5) is 20.8. The third-order valence-corrected chi connectivity index (χ3v) is 8.36. The van der Waals surface area contributed by atoms with Crippen LogP contribution < -0.4 is 0 Å². The Balaban J connectivity index is 1.30. The molecule has 0 aromatic carbocycles. The van der Waals surface area contributed by atoms with Crippen molar-refractivity contribution >= 4 is 5.91 Å². The van der Waals surface area contributed by atoms with Crippen LogP contribution in [0, 0.1) is 16.7 Å². The molecule has 3 saturated heterocycles. The van der Waals surface area contributed by atoms with Crippen LogP contribution in [0.25, 0.3) is 0 Å². The van der Waals surface area contributed by atoms with E-state index in [1.807, 2.05) is 17.9 Å². The van der Waals surface area contributed by atoms with Crippen LogP contribution in [0.4, 0.5) is 0 Å². The number of fused-ring (bicyclic) bond motifs is 2. The van der Waals surface area contributed by atoms with E-state index in [0.29, 0.717) is 17.2 Å². The van der Waals surface area contributed by atoms with Gasteiger partial charge in [-0.25, -0.2) is 0 Å². The number of hydrogen-bond acceptors (Lipinski definition) is 4. The second-order valence-corrected chi connectivity index (χ2v) is 10.1. The molecule has 0 bridgehead atoms. The van der Waals surface area contributed by atoms with Crippen LogP contribution in [0.15, 0.2) is 12.4 Å². The van der Waals surface area contributed by atoms with Gasteiger partial charge >= 0.3 is 0 Å². The highest BCUT2D eigenvalue weighted by Crippen LogP contribution is 2.62. The van der Waals surface area contributed by atoms with E-state index in [9.17, 15) is 4.79 Å². The third kappa shape index (κ3) is 2.91. The number of hydrogen-bond donors (Lipinski definition) is 0. The standard InChI is InChI=1S/C22H35N5O/c1-24-16-19-21(5-6-22(19,17-24)20(28)27-9-3-4-10-27)7-11-26(12-8-21)15-18-13-23-25(2)14-18/h13-14,19H,3-12,15-17H2,1-2H3/t19-,22+/m0/s1. The number of likely N-dealkylation sites (tertiary alicyclic amines) is 3. The molecule has 1 aliphatic carbocycles. The van der Waals surface area contributed by atoms with Gasteiger partial charge in [0.25, 0.3) is 0 Å². The highest BCUT2D eigenvalue weighted by atomic mass is 16.2. The summed E-state index contributed by atoms with van der Waals surface area (Å²) in [5, 5.41) is 4.31. The van der Waals surface area contributed by atoms with Crippen molar-refractivity contribution in [2.45, 2.75) is 45.1 Å². The summed E-state index contributed by atoms with van der Waals surface area (Å²) in [5.74, 6) is 1.05. The first-order valence-electron chi connectivity index (χ1n) is 11.2. The molecule has 3 aliphatic heterocycles. The van der Waals surface area contributed by atoms with Crippen molar-refractivity contribution in [1.82, 2.24) is 24.5 Å². The molecule has 154 valence electrons. The van der Waals surface area contributed by atoms with E-state index >= 15 is 0 Å². The Morgan fingerprint density at radius 2 is 1.86 bits per heavy atom. The van der Waals surface area contributed by atoms with E-state index in [2.05, 4.69) is 33.0 Å². The van der Waals surface area contributed by atoms with Crippen molar-refractivity contribution in [1.29, 1.82) is 0 Å². The van der Waals surface area contributed by atoms with E-state index in [0.717, 1.165) is 52.2 Å². The largest absolute Gasteiger partial charge is 0.342 e. The van der Waals surface area contributed by atoms with Gasteiger partial charge in [-0.1, -0.05) is 0 Å². The predicted octanol–water partition coefficient (Wildman–Crippen LogP) is 1.97. The third-order valence-electron chi connectivity index (χ3n) is 8.36. The monoisotopic (exact) mass is 385 g/mol. The summed E-state index contributed by atoms with van der Waals surface area (Å²) in [6.07, 6.45) is 11.4. The van der Waals surface area contributed by atoms with E-state index in [4.69, 9.17) is 0 Å². The fourth-order valence-electron chi connectivity index (χ4n) is 6.95. The topological polar surface area (TPSA) is 44.6 Å². The number of nitrogens with zero attached hydrogens (tertiary/aromatic N) is 5. The van der Waals surface area contributed by atoms with Gasteiger partial charge in [0.2, 0.25) is 5.91 Å². The van der Waals surface area contributed by atoms with E-state index < -0.39 is 0 Å². The average molecular weight is 386 g/mol. The molecule has 0 N–H and O–H groups in total. The summed E-state index contributed by atoms with van der Waals surface area (Å²) in [6.45, 7) is 7.39. The van der Waals surface area contributed by atoms with Crippen molar-refractivity contribution in [3.63, 3.8) is 0 Å². The van der Waals surface area contributed by atoms with Gasteiger partial charge in [-0.3, -0.25) is 14.4 Å². The molecule has 4 fully saturated rings. The molecule has 0 unspecified atom stereocenters. The Bertz CT molecular complexity index is 731. The van der Waals surface area contributed by atoms with Crippen molar-refractivity contribution in [2.75, 3.05) is 46.3 Å². The SMILES string of the molecule is CN1C[C@H]2C3(CCN(Cc4cnn(C)c4)CC3)CC[C@@]2(C(=O)N2CCCC2)C1. The fourth-order valence-corrected chi connectivity index (χ4v) is 6.95. The Morgan fingerprint density at radius 1 is 1.11 bits per heavy atom. The first kappa shape index (κ1) is 18.6. The van der Waals surface area contributed by atoms with E-state index in [1.165, 1.54) is 37.7 Å². The van der Waals surface area contributed by atoms with Gasteiger partial charge < -0.3 is 9.80 Å². The minimum Gasteiger partial charge on any atom is -0.342 e. The number of piperidine rings is 1. The number of amides is 1. The van der Waals surface area contributed by atoms with Crippen LogP contribution in [0.1, 0.15) is 44.1 Å². The van der Waals surface area contributed by atoms with Gasteiger partial charge in [-0.15, -0.1) is 0 Å². The van der Waals surface area contributed by atoms with Gasteiger partial charge in [0.1, 0.15) is 0 Å². The molecule has 28 heavy (non-hydrogen) atoms. The first-order chi connectivity index (χ1) is 13.5. The van der Waals surface area contributed by atoms with Crippen LogP contribution in [0.2, 0.25) is 0 Å². The predicted molar refractivity (Wildman–Crippen MR) is 109 cm³/mol. The lowest BCUT2D eigenvalue weighted by Gasteiger charge is -2.45. The number of aromatic nitrogens is 2. The minimum atomic E-state index is -0.0926. The molecule has 1 aromatic heterocycles. The Kier molecular flexibility index (Phi) is 4.55. The molecule has 1 amide bonds. The molecule has 5 rings (SSSR count). The van der Waals surface area contributed by atoms with Crippen molar-refractivity contribution in [2.24, 2.45) is 23.8 Å². The second-order valence-electron chi connectivity index (χ2n) is 10.1. The summed E-state index contributed by atoms with van der Waals surface area (Å²) in [6, 6.07) is 0. The van der Waals surface area contributed by atoms with Crippen LogP contribution in [0.3, 0.4) is 0 Å². The summed E-state index contributed by atoms with van der Waals surface area (Å²) in [7, 11) is 4.21. The lowest BCUT2D eigenvalue weighted by molar-refractivity contribution is -0.142. The molecular weight excluding hydrogens is 350 g/mol. The van der Waals surface area contributed by atoms with Crippen LogP contribution >= 0.6 is 0 Å². The summed E-state index contributed by atoms with van der Waals surface area (Å²) < 4.78 is 1.89. The van der Waals surface area contributed by atoms with Gasteiger partial charge in [-0.05, 0) is 70.0 Å². The molecule has 4 aliphatic rings. The number of carbonyl (C=O) groups is 1.